The third-order valence-corrected chi connectivity index (χ3v) is 19.5. The summed E-state index contributed by atoms with van der Waals surface area (Å²) in [5.41, 5.74) is 12.5. The largest absolute Gasteiger partial charge is 0.483 e. The van der Waals surface area contributed by atoms with E-state index in [1.54, 1.807) is 36.4 Å². The molecule has 2 heterocycles. The van der Waals surface area contributed by atoms with Crippen LogP contribution in [0.15, 0.2) is 158 Å². The van der Waals surface area contributed by atoms with Gasteiger partial charge in [-0.05, 0) is 251 Å². The van der Waals surface area contributed by atoms with Crippen molar-refractivity contribution >= 4 is 35.0 Å². The fourth-order valence-electron chi connectivity index (χ4n) is 13.7. The molecule has 454 valence electrons. The van der Waals surface area contributed by atoms with Gasteiger partial charge in [0.25, 0.3) is 23.6 Å². The summed E-state index contributed by atoms with van der Waals surface area (Å²) in [5.74, 6) is 1.89. The lowest BCUT2D eigenvalue weighted by molar-refractivity contribution is 0.0521. The molecule has 0 spiro atoms. The Labute approximate surface area is 520 Å². The number of amides is 4. The maximum Gasteiger partial charge on any atom is 0.266 e. The van der Waals surface area contributed by atoms with Gasteiger partial charge in [-0.25, -0.2) is 9.80 Å². The molecule has 10 heteroatoms. The van der Waals surface area contributed by atoms with Crippen LogP contribution in [0.1, 0.15) is 204 Å². The minimum atomic E-state index is -0.755. The third kappa shape index (κ3) is 10.8. The van der Waals surface area contributed by atoms with E-state index in [-0.39, 0.29) is 23.6 Å². The number of aryl methyl sites for hydroxylation is 4. The minimum Gasteiger partial charge on any atom is -0.483 e. The molecule has 0 unspecified atom stereocenters. The minimum absolute atomic E-state index is 0.320. The topological polar surface area (TPSA) is 112 Å². The summed E-state index contributed by atoms with van der Waals surface area (Å²) >= 11 is 0. The average molecular weight is 1180 g/mol. The molecule has 10 rings (SSSR count). The second-order valence-corrected chi connectivity index (χ2v) is 24.1. The highest BCUT2D eigenvalue weighted by molar-refractivity contribution is 6.35. The molecule has 0 atom stereocenters. The van der Waals surface area contributed by atoms with Crippen LogP contribution in [0, 0.1) is 41.5 Å². The summed E-state index contributed by atoms with van der Waals surface area (Å²) in [4.78, 5) is 57.1. The lowest BCUT2D eigenvalue weighted by atomic mass is 9.84. The molecule has 0 saturated heterocycles. The monoisotopic (exact) mass is 1180 g/mol. The van der Waals surface area contributed by atoms with E-state index >= 15 is 0 Å². The summed E-state index contributed by atoms with van der Waals surface area (Å²) in [7, 11) is 0. The Balaban J connectivity index is 0.857. The SMILES string of the molecule is CCC(CC)(Oc1ccc(-c2cc(C)c(OC(CC)(CC)c3ccc(OC(CC)(CC)c4ccc5c(c4)C(=O)N(c4ccccc4)C5=O)cc3)c(C)c2C)c(C)c1)c1cc(C)c(OC(CC)(CC)c2ccc3c(c2)C(=O)N(c2ccccc2)C3=O)c(C)c1. The molecule has 10 nitrogen and oxygen atoms in total. The molecule has 2 aliphatic rings. The molecule has 0 saturated carbocycles. The van der Waals surface area contributed by atoms with Gasteiger partial charge in [-0.15, -0.1) is 0 Å². The fraction of sp³-hybridized carbons (Fsp3) is 0.333. The first-order valence-corrected chi connectivity index (χ1v) is 31.6. The van der Waals surface area contributed by atoms with Crippen molar-refractivity contribution in [2.45, 2.75) is 171 Å². The van der Waals surface area contributed by atoms with Gasteiger partial charge in [0.2, 0.25) is 0 Å². The quantitative estimate of drug-likeness (QED) is 0.0582. The molecule has 0 radical (unpaired) electrons. The van der Waals surface area contributed by atoms with Crippen LogP contribution < -0.4 is 28.7 Å². The van der Waals surface area contributed by atoms with E-state index in [0.717, 1.165) is 110 Å². The summed E-state index contributed by atoms with van der Waals surface area (Å²) in [6.07, 6.45) is 5.56. The number of ether oxygens (including phenoxy) is 4. The number of carbonyl (C=O) groups is 4. The number of para-hydroxylation sites is 2. The second kappa shape index (κ2) is 24.8. The first kappa shape index (κ1) is 62.3. The van der Waals surface area contributed by atoms with Gasteiger partial charge in [-0.2, -0.15) is 0 Å². The highest BCUT2D eigenvalue weighted by Gasteiger charge is 2.43. The Morgan fingerprint density at radius 2 is 0.659 bits per heavy atom. The first-order valence-electron chi connectivity index (χ1n) is 31.6. The van der Waals surface area contributed by atoms with Crippen LogP contribution in [0.3, 0.4) is 0 Å². The van der Waals surface area contributed by atoms with Crippen molar-refractivity contribution in [2.75, 3.05) is 9.80 Å². The number of hydrogen-bond acceptors (Lipinski definition) is 8. The Hall–Kier alpha value is -8.76. The van der Waals surface area contributed by atoms with E-state index in [1.807, 2.05) is 72.8 Å². The van der Waals surface area contributed by atoms with Gasteiger partial charge in [0, 0.05) is 0 Å². The maximum atomic E-state index is 13.8. The second-order valence-electron chi connectivity index (χ2n) is 24.1. The van der Waals surface area contributed by atoms with Crippen molar-refractivity contribution in [3.05, 3.63) is 236 Å². The third-order valence-electron chi connectivity index (χ3n) is 19.5. The van der Waals surface area contributed by atoms with E-state index in [9.17, 15) is 19.2 Å². The molecule has 2 aliphatic heterocycles. The van der Waals surface area contributed by atoms with Crippen molar-refractivity contribution < 1.29 is 38.1 Å². The van der Waals surface area contributed by atoms with Crippen molar-refractivity contribution in [1.29, 1.82) is 0 Å². The zero-order valence-electron chi connectivity index (χ0n) is 53.8. The standard InChI is InChI=1S/C78H84N2O8/c1-15-75(16-2,55-33-37-61(38-34-55)85-76(17-3,18-4)56-35-40-64-67(47-56)73(83)79(71(64)81)59-29-25-23-26-30-59)88-70-52(12)46-66(53(13)54(70)14)63-42-39-62(45-49(63)9)86-78(21-7,22-8)58-43-50(10)69(51(11)44-58)87-77(19-5,20-6)57-36-41-65-68(48-57)74(84)80(72(65)82)60-31-27-24-28-32-60/h23-48H,15-22H2,1-14H3. The molecule has 0 bridgehead atoms. The van der Waals surface area contributed by atoms with Crippen LogP contribution in [0.2, 0.25) is 0 Å². The van der Waals surface area contributed by atoms with Gasteiger partial charge in [0.05, 0.1) is 33.6 Å². The molecule has 0 fully saturated rings. The van der Waals surface area contributed by atoms with Gasteiger partial charge >= 0.3 is 0 Å². The molecule has 8 aromatic carbocycles. The zero-order valence-corrected chi connectivity index (χ0v) is 53.8. The first-order chi connectivity index (χ1) is 42.2. The Morgan fingerprint density at radius 3 is 1.11 bits per heavy atom. The van der Waals surface area contributed by atoms with Gasteiger partial charge in [-0.1, -0.05) is 122 Å². The zero-order chi connectivity index (χ0) is 63.0. The van der Waals surface area contributed by atoms with E-state index in [2.05, 4.69) is 145 Å². The molecule has 4 amide bonds. The Kier molecular flexibility index (Phi) is 17.5. The number of imide groups is 2. The molecule has 8 aromatic rings. The molecule has 0 aliphatic carbocycles. The molecule has 0 aromatic heterocycles. The number of fused-ring (bicyclic) bond motifs is 2. The van der Waals surface area contributed by atoms with Crippen molar-refractivity contribution in [2.24, 2.45) is 0 Å². The van der Waals surface area contributed by atoms with Crippen molar-refractivity contribution in [3.63, 3.8) is 0 Å². The van der Waals surface area contributed by atoms with Gasteiger partial charge in [0.15, 0.2) is 0 Å². The van der Waals surface area contributed by atoms with Crippen LogP contribution >= 0.6 is 0 Å². The van der Waals surface area contributed by atoms with Crippen LogP contribution in [0.4, 0.5) is 11.4 Å². The number of rotatable bonds is 23. The summed E-state index contributed by atoms with van der Waals surface area (Å²) in [5, 5.41) is 0. The van der Waals surface area contributed by atoms with Crippen LogP contribution in [0.5, 0.6) is 23.0 Å². The maximum absolute atomic E-state index is 13.8. The smallest absolute Gasteiger partial charge is 0.266 e. The fourth-order valence-corrected chi connectivity index (χ4v) is 13.7. The van der Waals surface area contributed by atoms with Gasteiger partial charge in [0.1, 0.15) is 45.4 Å². The summed E-state index contributed by atoms with van der Waals surface area (Å²) < 4.78 is 28.6. The van der Waals surface area contributed by atoms with E-state index < -0.39 is 22.4 Å². The lowest BCUT2D eigenvalue weighted by Crippen LogP contribution is -2.34. The Morgan fingerprint density at radius 1 is 0.295 bits per heavy atom. The van der Waals surface area contributed by atoms with Crippen LogP contribution in [0.25, 0.3) is 11.1 Å². The number of nitrogens with zero attached hydrogens (tertiary/aromatic N) is 2. The summed E-state index contributed by atoms with van der Waals surface area (Å²) in [6, 6.07) is 50.7. The molecule has 88 heavy (non-hydrogen) atoms. The highest BCUT2D eigenvalue weighted by atomic mass is 16.5. The number of anilines is 2. The number of hydrogen-bond donors (Lipinski definition) is 0. The number of carbonyl (C=O) groups excluding carboxylic acids is 4. The van der Waals surface area contributed by atoms with Crippen molar-refractivity contribution in [3.8, 4) is 34.1 Å². The van der Waals surface area contributed by atoms with Crippen LogP contribution in [-0.2, 0) is 22.4 Å². The van der Waals surface area contributed by atoms with E-state index in [4.69, 9.17) is 18.9 Å². The van der Waals surface area contributed by atoms with Gasteiger partial charge < -0.3 is 18.9 Å². The molecule has 0 N–H and O–H groups in total. The highest BCUT2D eigenvalue weighted by Crippen LogP contribution is 2.47. The average Bonchev–Trinajstić information content (AvgIpc) is 2.15. The molecular weight excluding hydrogens is 1090 g/mol. The summed E-state index contributed by atoms with van der Waals surface area (Å²) in [6.45, 7) is 30.0. The predicted molar refractivity (Wildman–Crippen MR) is 353 cm³/mol. The van der Waals surface area contributed by atoms with Crippen LogP contribution in [-0.4, -0.2) is 23.6 Å². The van der Waals surface area contributed by atoms with Gasteiger partial charge in [-0.3, -0.25) is 19.2 Å². The number of benzene rings is 8. The predicted octanol–water partition coefficient (Wildman–Crippen LogP) is 19.2. The van der Waals surface area contributed by atoms with E-state index in [0.29, 0.717) is 65.1 Å². The Bertz CT molecular complexity index is 3940. The van der Waals surface area contributed by atoms with Crippen molar-refractivity contribution in [1.82, 2.24) is 0 Å². The normalized spacial score (nSPS) is 13.5. The molecular formula is C78H84N2O8. The van der Waals surface area contributed by atoms with E-state index in [1.165, 1.54) is 9.80 Å². The lowest BCUT2D eigenvalue weighted by Gasteiger charge is -2.37.